The number of aryl methyl sites for hydroxylation is 1. The molecule has 2 fully saturated rings. The van der Waals surface area contributed by atoms with E-state index < -0.39 is 6.10 Å². The smallest absolute Gasteiger partial charge is 0.229 e. The number of benzene rings is 1. The van der Waals surface area contributed by atoms with Gasteiger partial charge in [0.2, 0.25) is 5.89 Å². The molecule has 1 saturated heterocycles. The van der Waals surface area contributed by atoms with Crippen LogP contribution < -0.4 is 4.74 Å². The molecule has 8 nitrogen and oxygen atoms in total. The fraction of sp³-hybridized carbons (Fsp3) is 0.625. The zero-order chi connectivity index (χ0) is 22.6. The van der Waals surface area contributed by atoms with Crippen LogP contribution >= 0.6 is 11.3 Å². The molecule has 2 aliphatic rings. The van der Waals surface area contributed by atoms with Gasteiger partial charge in [-0.2, -0.15) is 4.98 Å². The van der Waals surface area contributed by atoms with Crippen LogP contribution in [0.2, 0.25) is 0 Å². The highest BCUT2D eigenvalue weighted by molar-refractivity contribution is 7.18. The molecule has 178 valence electrons. The number of β-amino-alcohol motifs (C(OH)–C–C–N with tert-alkyl or cyclic N) is 1. The number of nitrogens with zero attached hydrogens (tertiary/aromatic N) is 5. The van der Waals surface area contributed by atoms with Crippen LogP contribution in [0.5, 0.6) is 5.75 Å². The molecular weight excluding hydrogens is 438 g/mol. The molecule has 1 aromatic carbocycles. The van der Waals surface area contributed by atoms with Crippen LogP contribution in [-0.2, 0) is 6.54 Å². The summed E-state index contributed by atoms with van der Waals surface area (Å²) in [5.41, 5.74) is 0.952. The van der Waals surface area contributed by atoms with Gasteiger partial charge in [-0.15, -0.1) is 11.3 Å². The van der Waals surface area contributed by atoms with Crippen molar-refractivity contribution in [2.75, 3.05) is 39.3 Å². The lowest BCUT2D eigenvalue weighted by atomic mass is 9.89. The first-order valence-electron chi connectivity index (χ1n) is 12.1. The maximum atomic E-state index is 10.5. The van der Waals surface area contributed by atoms with Crippen LogP contribution in [0, 0.1) is 6.92 Å². The fourth-order valence-corrected chi connectivity index (χ4v) is 5.64. The number of thiazole rings is 1. The summed E-state index contributed by atoms with van der Waals surface area (Å²) in [4.78, 5) is 13.8. The van der Waals surface area contributed by atoms with E-state index in [1.807, 2.05) is 25.1 Å². The Hall–Kier alpha value is -2.07. The van der Waals surface area contributed by atoms with Gasteiger partial charge < -0.3 is 14.4 Å². The minimum absolute atomic E-state index is 0.279. The van der Waals surface area contributed by atoms with Crippen LogP contribution in [0.15, 0.2) is 22.7 Å². The van der Waals surface area contributed by atoms with Gasteiger partial charge in [-0.05, 0) is 31.9 Å². The number of aliphatic hydroxyl groups excluding tert-OH is 1. The number of piperazine rings is 1. The van der Waals surface area contributed by atoms with Crippen LogP contribution in [0.4, 0.5) is 0 Å². The Balaban J connectivity index is 1.03. The number of hydrogen-bond acceptors (Lipinski definition) is 9. The monoisotopic (exact) mass is 471 g/mol. The quantitative estimate of drug-likeness (QED) is 0.533. The molecule has 1 saturated carbocycles. The third kappa shape index (κ3) is 5.90. The third-order valence-electron chi connectivity index (χ3n) is 6.65. The predicted molar refractivity (Wildman–Crippen MR) is 128 cm³/mol. The zero-order valence-electron chi connectivity index (χ0n) is 19.3. The van der Waals surface area contributed by atoms with Crippen molar-refractivity contribution in [2.45, 2.75) is 57.6 Å². The average Bonchev–Trinajstić information content (AvgIpc) is 3.45. The molecule has 1 N–H and O–H groups in total. The summed E-state index contributed by atoms with van der Waals surface area (Å²) >= 11 is 1.68. The van der Waals surface area contributed by atoms with E-state index in [2.05, 4.69) is 24.9 Å². The van der Waals surface area contributed by atoms with Crippen molar-refractivity contribution in [1.29, 1.82) is 0 Å². The summed E-state index contributed by atoms with van der Waals surface area (Å²) in [5.74, 6) is 2.83. The van der Waals surface area contributed by atoms with Gasteiger partial charge >= 0.3 is 0 Å². The van der Waals surface area contributed by atoms with Gasteiger partial charge in [0, 0.05) is 44.7 Å². The summed E-state index contributed by atoms with van der Waals surface area (Å²) in [6, 6.07) is 5.92. The molecule has 0 spiro atoms. The van der Waals surface area contributed by atoms with E-state index in [1.165, 1.54) is 32.1 Å². The summed E-state index contributed by atoms with van der Waals surface area (Å²) in [7, 11) is 0. The Kier molecular flexibility index (Phi) is 7.20. The standard InChI is InChI=1S/C24H33N5O3S/c1-17-25-21-13-20(7-8-22(21)33-17)31-16-19(30)14-28-9-11-29(12-10-28)15-23-26-24(32-27-23)18-5-3-2-4-6-18/h7-8,13,18-19,30H,2-6,9-12,14-16H2,1H3/t19-/m0/s1. The van der Waals surface area contributed by atoms with E-state index >= 15 is 0 Å². The second kappa shape index (κ2) is 10.5. The van der Waals surface area contributed by atoms with Gasteiger partial charge in [0.1, 0.15) is 18.5 Å². The van der Waals surface area contributed by atoms with E-state index in [9.17, 15) is 5.11 Å². The number of rotatable bonds is 8. The Labute approximate surface area is 198 Å². The largest absolute Gasteiger partial charge is 0.491 e. The maximum absolute atomic E-state index is 10.5. The topological polar surface area (TPSA) is 87.8 Å². The highest BCUT2D eigenvalue weighted by atomic mass is 32.1. The molecule has 0 bridgehead atoms. The minimum Gasteiger partial charge on any atom is -0.491 e. The minimum atomic E-state index is -0.528. The van der Waals surface area contributed by atoms with Crippen LogP contribution in [0.1, 0.15) is 54.7 Å². The molecule has 2 aromatic heterocycles. The summed E-state index contributed by atoms with van der Waals surface area (Å²) in [6.07, 6.45) is 5.67. The maximum Gasteiger partial charge on any atom is 0.229 e. The summed E-state index contributed by atoms with van der Waals surface area (Å²) in [5, 5.41) is 15.8. The number of aromatic nitrogens is 3. The molecule has 0 radical (unpaired) electrons. The molecule has 1 aliphatic heterocycles. The van der Waals surface area contributed by atoms with E-state index in [0.717, 1.165) is 65.4 Å². The zero-order valence-corrected chi connectivity index (χ0v) is 20.1. The highest BCUT2D eigenvalue weighted by Gasteiger charge is 2.24. The summed E-state index contributed by atoms with van der Waals surface area (Å²) < 4.78 is 12.5. The number of ether oxygens (including phenoxy) is 1. The van der Waals surface area contributed by atoms with Gasteiger partial charge in [0.05, 0.1) is 21.8 Å². The summed E-state index contributed by atoms with van der Waals surface area (Å²) in [6.45, 7) is 7.31. The lowest BCUT2D eigenvalue weighted by Crippen LogP contribution is -2.48. The molecule has 3 heterocycles. The predicted octanol–water partition coefficient (Wildman–Crippen LogP) is 3.59. The molecule has 33 heavy (non-hydrogen) atoms. The van der Waals surface area contributed by atoms with Crippen molar-refractivity contribution < 1.29 is 14.4 Å². The highest BCUT2D eigenvalue weighted by Crippen LogP contribution is 2.31. The van der Waals surface area contributed by atoms with E-state index in [-0.39, 0.29) is 6.61 Å². The molecule has 5 rings (SSSR count). The van der Waals surface area contributed by atoms with Crippen LogP contribution in [0.3, 0.4) is 0 Å². The van der Waals surface area contributed by atoms with Crippen molar-refractivity contribution in [2.24, 2.45) is 0 Å². The van der Waals surface area contributed by atoms with E-state index in [1.54, 1.807) is 11.3 Å². The lowest BCUT2D eigenvalue weighted by molar-refractivity contribution is 0.0440. The van der Waals surface area contributed by atoms with Gasteiger partial charge in [-0.3, -0.25) is 9.80 Å². The third-order valence-corrected chi connectivity index (χ3v) is 7.60. The molecule has 0 amide bonds. The van der Waals surface area contributed by atoms with Crippen molar-refractivity contribution in [3.05, 3.63) is 34.9 Å². The number of aliphatic hydroxyl groups is 1. The number of hydrogen-bond donors (Lipinski definition) is 1. The van der Waals surface area contributed by atoms with Gasteiger partial charge in [0.15, 0.2) is 5.82 Å². The van der Waals surface area contributed by atoms with E-state index in [4.69, 9.17) is 9.26 Å². The Morgan fingerprint density at radius 2 is 1.91 bits per heavy atom. The SMILES string of the molecule is Cc1nc2cc(OC[C@@H](O)CN3CCN(Cc4noc(C5CCCCC5)n4)CC3)ccc2s1. The van der Waals surface area contributed by atoms with E-state index in [0.29, 0.717) is 12.5 Å². The van der Waals surface area contributed by atoms with Crippen molar-refractivity contribution in [3.8, 4) is 5.75 Å². The first kappa shape index (κ1) is 22.7. The molecule has 1 atom stereocenters. The molecule has 0 unspecified atom stereocenters. The van der Waals surface area contributed by atoms with Crippen molar-refractivity contribution in [3.63, 3.8) is 0 Å². The van der Waals surface area contributed by atoms with Gasteiger partial charge in [-0.1, -0.05) is 24.4 Å². The Morgan fingerprint density at radius 1 is 1.12 bits per heavy atom. The van der Waals surface area contributed by atoms with Gasteiger partial charge in [0.25, 0.3) is 0 Å². The molecular formula is C24H33N5O3S. The second-order valence-corrected chi connectivity index (χ2v) is 10.5. The Bertz CT molecular complexity index is 1040. The van der Waals surface area contributed by atoms with Crippen molar-refractivity contribution in [1.82, 2.24) is 24.9 Å². The molecule has 3 aromatic rings. The average molecular weight is 472 g/mol. The number of fused-ring (bicyclic) bond motifs is 1. The first-order valence-corrected chi connectivity index (χ1v) is 12.9. The first-order chi connectivity index (χ1) is 16.1. The van der Waals surface area contributed by atoms with Crippen LogP contribution in [0.25, 0.3) is 10.2 Å². The van der Waals surface area contributed by atoms with Crippen LogP contribution in [-0.4, -0.2) is 75.5 Å². The molecule has 9 heteroatoms. The second-order valence-electron chi connectivity index (χ2n) is 9.29. The van der Waals surface area contributed by atoms with Crippen molar-refractivity contribution >= 4 is 21.6 Å². The molecule has 1 aliphatic carbocycles. The lowest BCUT2D eigenvalue weighted by Gasteiger charge is -2.34. The van der Waals surface area contributed by atoms with Gasteiger partial charge in [-0.25, -0.2) is 4.98 Å². The Morgan fingerprint density at radius 3 is 2.73 bits per heavy atom. The normalized spacial score (nSPS) is 19.8. The fourth-order valence-electron chi connectivity index (χ4n) is 4.83.